The van der Waals surface area contributed by atoms with E-state index in [-0.39, 0.29) is 6.42 Å². The van der Waals surface area contributed by atoms with E-state index in [1.54, 1.807) is 0 Å². The number of carboxylic acid groups (broad SMARTS) is 1. The van der Waals surface area contributed by atoms with Crippen LogP contribution in [-0.2, 0) is 9.53 Å². The van der Waals surface area contributed by atoms with Crippen molar-refractivity contribution in [2.75, 3.05) is 13.2 Å². The number of hydrogen-bond acceptors (Lipinski definition) is 2. The van der Waals surface area contributed by atoms with Gasteiger partial charge in [-0.3, -0.25) is 4.79 Å². The first-order valence-electron chi connectivity index (χ1n) is 4.58. The highest BCUT2D eigenvalue weighted by Gasteiger charge is 2.16. The van der Waals surface area contributed by atoms with Crippen LogP contribution in [-0.4, -0.2) is 24.3 Å². The molecule has 0 heterocycles. The summed E-state index contributed by atoms with van der Waals surface area (Å²) in [6.45, 7) is 1.10. The number of hydrogen-bond donors (Lipinski definition) is 1. The summed E-state index contributed by atoms with van der Waals surface area (Å²) in [5, 5.41) is 8.30. The van der Waals surface area contributed by atoms with E-state index in [0.29, 0.717) is 6.61 Å². The summed E-state index contributed by atoms with van der Waals surface area (Å²) in [6.07, 6.45) is 5.27. The van der Waals surface area contributed by atoms with Crippen molar-refractivity contribution in [2.24, 2.45) is 5.92 Å². The smallest absolute Gasteiger partial charge is 0.305 e. The van der Waals surface area contributed by atoms with Gasteiger partial charge in [0.1, 0.15) is 0 Å². The van der Waals surface area contributed by atoms with Gasteiger partial charge >= 0.3 is 5.97 Å². The lowest BCUT2D eigenvalue weighted by Crippen LogP contribution is -2.14. The fraction of sp³-hybridized carbons (Fsp3) is 0.889. The van der Waals surface area contributed by atoms with Crippen LogP contribution in [0.1, 0.15) is 32.1 Å². The molecule has 1 fully saturated rings. The van der Waals surface area contributed by atoms with Gasteiger partial charge in [-0.2, -0.15) is 0 Å². The van der Waals surface area contributed by atoms with E-state index in [4.69, 9.17) is 9.84 Å². The molecule has 1 aliphatic rings. The van der Waals surface area contributed by atoms with Gasteiger partial charge in [-0.25, -0.2) is 0 Å². The monoisotopic (exact) mass is 172 g/mol. The van der Waals surface area contributed by atoms with Gasteiger partial charge < -0.3 is 9.84 Å². The molecular formula is C9H16O3. The maximum absolute atomic E-state index is 10.1. The zero-order chi connectivity index (χ0) is 8.81. The van der Waals surface area contributed by atoms with Crippen molar-refractivity contribution in [3.8, 4) is 0 Å². The Morgan fingerprint density at radius 1 is 1.42 bits per heavy atom. The average Bonchev–Trinajstić information content (AvgIpc) is 1.92. The highest BCUT2D eigenvalue weighted by molar-refractivity contribution is 5.66. The molecule has 0 amide bonds. The summed E-state index contributed by atoms with van der Waals surface area (Å²) in [4.78, 5) is 10.1. The van der Waals surface area contributed by atoms with E-state index < -0.39 is 5.97 Å². The van der Waals surface area contributed by atoms with Crippen molar-refractivity contribution in [2.45, 2.75) is 32.1 Å². The molecule has 0 aromatic heterocycles. The first-order valence-corrected chi connectivity index (χ1v) is 4.58. The van der Waals surface area contributed by atoms with Crippen molar-refractivity contribution >= 4 is 5.97 Å². The van der Waals surface area contributed by atoms with Crippen molar-refractivity contribution in [1.82, 2.24) is 0 Å². The summed E-state index contributed by atoms with van der Waals surface area (Å²) in [5.41, 5.74) is 0. The Labute approximate surface area is 72.7 Å². The van der Waals surface area contributed by atoms with Crippen molar-refractivity contribution in [3.63, 3.8) is 0 Å². The second-order valence-corrected chi connectivity index (χ2v) is 3.34. The van der Waals surface area contributed by atoms with Crippen LogP contribution in [0.5, 0.6) is 0 Å². The molecule has 0 saturated heterocycles. The molecule has 1 aliphatic carbocycles. The summed E-state index contributed by atoms with van der Waals surface area (Å²) >= 11 is 0. The van der Waals surface area contributed by atoms with Gasteiger partial charge in [0.2, 0.25) is 0 Å². The Morgan fingerprint density at radius 3 is 2.67 bits per heavy atom. The third-order valence-corrected chi connectivity index (χ3v) is 2.36. The Morgan fingerprint density at radius 2 is 2.17 bits per heavy atom. The molecule has 12 heavy (non-hydrogen) atoms. The van der Waals surface area contributed by atoms with Crippen LogP contribution in [0.2, 0.25) is 0 Å². The maximum Gasteiger partial charge on any atom is 0.305 e. The molecule has 0 aliphatic heterocycles. The minimum Gasteiger partial charge on any atom is -0.481 e. The van der Waals surface area contributed by atoms with Gasteiger partial charge in [-0.1, -0.05) is 19.3 Å². The maximum atomic E-state index is 10.1. The van der Waals surface area contributed by atoms with E-state index in [0.717, 1.165) is 18.9 Å². The zero-order valence-electron chi connectivity index (χ0n) is 7.29. The number of rotatable bonds is 6. The summed E-state index contributed by atoms with van der Waals surface area (Å²) in [5.74, 6) is 0.0773. The lowest BCUT2D eigenvalue weighted by atomic mass is 9.83. The van der Waals surface area contributed by atoms with Crippen LogP contribution in [0.4, 0.5) is 0 Å². The number of carbonyl (C=O) groups is 1. The molecule has 1 saturated carbocycles. The van der Waals surface area contributed by atoms with Gasteiger partial charge in [0, 0.05) is 6.61 Å². The molecule has 0 bridgehead atoms. The van der Waals surface area contributed by atoms with Crippen molar-refractivity contribution in [1.29, 1.82) is 0 Å². The minimum absolute atomic E-state index is 0.130. The van der Waals surface area contributed by atoms with E-state index in [9.17, 15) is 4.79 Å². The van der Waals surface area contributed by atoms with Crippen molar-refractivity contribution in [3.05, 3.63) is 0 Å². The van der Waals surface area contributed by atoms with E-state index in [1.165, 1.54) is 19.3 Å². The Hall–Kier alpha value is -0.570. The molecule has 0 atom stereocenters. The standard InChI is InChI=1S/C9H16O3/c10-9(11)5-7-12-6-4-8-2-1-3-8/h8H,1-7H2,(H,10,11). The Bertz CT molecular complexity index is 141. The molecule has 0 aromatic carbocycles. The fourth-order valence-corrected chi connectivity index (χ4v) is 1.29. The minimum atomic E-state index is -0.779. The van der Waals surface area contributed by atoms with Crippen LogP contribution >= 0.6 is 0 Å². The zero-order valence-corrected chi connectivity index (χ0v) is 7.29. The number of carboxylic acids is 1. The molecule has 3 nitrogen and oxygen atoms in total. The largest absolute Gasteiger partial charge is 0.481 e. The second-order valence-electron chi connectivity index (χ2n) is 3.34. The van der Waals surface area contributed by atoms with Crippen LogP contribution in [0.15, 0.2) is 0 Å². The first kappa shape index (κ1) is 9.52. The third-order valence-electron chi connectivity index (χ3n) is 2.36. The van der Waals surface area contributed by atoms with Gasteiger partial charge in [0.15, 0.2) is 0 Å². The molecule has 0 spiro atoms. The van der Waals surface area contributed by atoms with Gasteiger partial charge in [-0.05, 0) is 12.3 Å². The Balaban J connectivity index is 1.79. The summed E-state index contributed by atoms with van der Waals surface area (Å²) < 4.78 is 5.17. The second kappa shape index (κ2) is 5.14. The van der Waals surface area contributed by atoms with Crippen molar-refractivity contribution < 1.29 is 14.6 Å². The molecular weight excluding hydrogens is 156 g/mol. The van der Waals surface area contributed by atoms with Crippen LogP contribution < -0.4 is 0 Å². The lowest BCUT2D eigenvalue weighted by Gasteiger charge is -2.24. The molecule has 0 aromatic rings. The lowest BCUT2D eigenvalue weighted by molar-refractivity contribution is -0.138. The molecule has 0 radical (unpaired) electrons. The molecule has 1 N–H and O–H groups in total. The van der Waals surface area contributed by atoms with Crippen LogP contribution in [0.25, 0.3) is 0 Å². The normalized spacial score (nSPS) is 17.3. The van der Waals surface area contributed by atoms with Gasteiger partial charge in [0.05, 0.1) is 13.0 Å². The highest BCUT2D eigenvalue weighted by Crippen LogP contribution is 2.28. The summed E-state index contributed by atoms with van der Waals surface area (Å²) in [6, 6.07) is 0. The quantitative estimate of drug-likeness (QED) is 0.620. The highest BCUT2D eigenvalue weighted by atomic mass is 16.5. The van der Waals surface area contributed by atoms with Crippen LogP contribution in [0, 0.1) is 5.92 Å². The summed E-state index contributed by atoms with van der Waals surface area (Å²) in [7, 11) is 0. The number of ether oxygens (including phenoxy) is 1. The topological polar surface area (TPSA) is 46.5 Å². The van der Waals surface area contributed by atoms with Crippen LogP contribution in [0.3, 0.4) is 0 Å². The van der Waals surface area contributed by atoms with Gasteiger partial charge in [-0.15, -0.1) is 0 Å². The van der Waals surface area contributed by atoms with E-state index in [2.05, 4.69) is 0 Å². The fourth-order valence-electron chi connectivity index (χ4n) is 1.29. The van der Waals surface area contributed by atoms with E-state index >= 15 is 0 Å². The number of aliphatic carboxylic acids is 1. The third kappa shape index (κ3) is 3.72. The average molecular weight is 172 g/mol. The van der Waals surface area contributed by atoms with E-state index in [1.807, 2.05) is 0 Å². The van der Waals surface area contributed by atoms with Gasteiger partial charge in [0.25, 0.3) is 0 Å². The molecule has 1 rings (SSSR count). The molecule has 70 valence electrons. The Kier molecular flexibility index (Phi) is 4.08. The first-order chi connectivity index (χ1) is 5.79. The molecule has 3 heteroatoms. The predicted octanol–water partition coefficient (Wildman–Crippen LogP) is 1.67. The predicted molar refractivity (Wildman–Crippen MR) is 45.0 cm³/mol. The molecule has 0 unspecified atom stereocenters. The SMILES string of the molecule is O=C(O)CCOCCC1CCC1.